The standard InChI is InChI=1S/C21H22N2O2Si/c1-26(2,3)19-17-16(18(22-19)14-10-6-4-7-11-14)20(24)23(21(17)25)15-12-8-5-9-13-15/h4-13,16-17,19H,1-3H3/t16-,17-,19+/m1/s1. The van der Waals surface area contributed by atoms with Gasteiger partial charge >= 0.3 is 0 Å². The Morgan fingerprint density at radius 3 is 2.00 bits per heavy atom. The van der Waals surface area contributed by atoms with Gasteiger partial charge in [-0.05, 0) is 17.7 Å². The number of para-hydroxylation sites is 1. The fraction of sp³-hybridized carbons (Fsp3) is 0.286. The Labute approximate surface area is 154 Å². The number of imide groups is 1. The van der Waals surface area contributed by atoms with Crippen LogP contribution in [0.1, 0.15) is 5.56 Å². The Morgan fingerprint density at radius 1 is 0.846 bits per heavy atom. The number of hydrogen-bond acceptors (Lipinski definition) is 3. The number of nitrogens with zero attached hydrogens (tertiary/aromatic N) is 2. The van der Waals surface area contributed by atoms with Crippen molar-refractivity contribution in [1.82, 2.24) is 0 Å². The van der Waals surface area contributed by atoms with Crippen molar-refractivity contribution >= 4 is 31.3 Å². The van der Waals surface area contributed by atoms with Crippen LogP contribution in [-0.2, 0) is 9.59 Å². The third-order valence-electron chi connectivity index (χ3n) is 5.24. The van der Waals surface area contributed by atoms with Crippen LogP contribution >= 0.6 is 0 Å². The minimum atomic E-state index is -1.77. The number of carbonyl (C=O) groups is 2. The first kappa shape index (κ1) is 16.9. The second kappa shape index (κ2) is 6.02. The minimum Gasteiger partial charge on any atom is -0.287 e. The topological polar surface area (TPSA) is 49.7 Å². The molecule has 3 atom stereocenters. The molecule has 4 nitrogen and oxygen atoms in total. The quantitative estimate of drug-likeness (QED) is 0.619. The maximum atomic E-state index is 13.3. The van der Waals surface area contributed by atoms with Crippen molar-refractivity contribution < 1.29 is 9.59 Å². The van der Waals surface area contributed by atoms with E-state index in [9.17, 15) is 9.59 Å². The molecule has 4 rings (SSSR count). The molecule has 1 saturated heterocycles. The molecule has 0 spiro atoms. The van der Waals surface area contributed by atoms with Crippen LogP contribution in [0.4, 0.5) is 5.69 Å². The molecule has 0 N–H and O–H groups in total. The van der Waals surface area contributed by atoms with Gasteiger partial charge in [0.2, 0.25) is 11.8 Å². The van der Waals surface area contributed by atoms with Crippen molar-refractivity contribution in [3.05, 3.63) is 66.2 Å². The number of hydrogen-bond donors (Lipinski definition) is 0. The molecule has 2 heterocycles. The zero-order chi connectivity index (χ0) is 18.5. The summed E-state index contributed by atoms with van der Waals surface area (Å²) in [6.45, 7) is 6.65. The van der Waals surface area contributed by atoms with Crippen LogP contribution in [0.5, 0.6) is 0 Å². The number of aliphatic imine (C=N–C) groups is 1. The third kappa shape index (κ3) is 2.54. The molecule has 0 unspecified atom stereocenters. The predicted octanol–water partition coefficient (Wildman–Crippen LogP) is 3.54. The zero-order valence-electron chi connectivity index (χ0n) is 15.2. The summed E-state index contributed by atoms with van der Waals surface area (Å²) in [5.41, 5.74) is 2.30. The number of amides is 2. The van der Waals surface area contributed by atoms with Crippen molar-refractivity contribution in [3.63, 3.8) is 0 Å². The maximum absolute atomic E-state index is 13.3. The smallest absolute Gasteiger partial charge is 0.243 e. The van der Waals surface area contributed by atoms with E-state index in [0.29, 0.717) is 5.69 Å². The van der Waals surface area contributed by atoms with Gasteiger partial charge in [0.25, 0.3) is 0 Å². The monoisotopic (exact) mass is 362 g/mol. The summed E-state index contributed by atoms with van der Waals surface area (Å²) >= 11 is 0. The molecule has 0 aromatic heterocycles. The zero-order valence-corrected chi connectivity index (χ0v) is 16.2. The Balaban J connectivity index is 1.83. The van der Waals surface area contributed by atoms with Crippen molar-refractivity contribution in [2.24, 2.45) is 16.8 Å². The van der Waals surface area contributed by atoms with E-state index in [2.05, 4.69) is 19.6 Å². The Bertz CT molecular complexity index is 887. The average Bonchev–Trinajstić information content (AvgIpc) is 3.14. The van der Waals surface area contributed by atoms with Gasteiger partial charge in [0.1, 0.15) is 0 Å². The number of carbonyl (C=O) groups excluding carboxylic acids is 2. The van der Waals surface area contributed by atoms with Crippen molar-refractivity contribution in [3.8, 4) is 0 Å². The van der Waals surface area contributed by atoms with Gasteiger partial charge in [0, 0.05) is 0 Å². The summed E-state index contributed by atoms with van der Waals surface area (Å²) in [5, 5.41) is 0. The maximum Gasteiger partial charge on any atom is 0.243 e. The molecular weight excluding hydrogens is 340 g/mol. The fourth-order valence-electron chi connectivity index (χ4n) is 4.03. The average molecular weight is 363 g/mol. The molecule has 2 aliphatic heterocycles. The van der Waals surface area contributed by atoms with Crippen LogP contribution in [0.15, 0.2) is 65.7 Å². The molecule has 0 saturated carbocycles. The number of rotatable bonds is 3. The van der Waals surface area contributed by atoms with Crippen molar-refractivity contribution in [2.75, 3.05) is 4.90 Å². The second-order valence-electron chi connectivity index (χ2n) is 8.04. The Morgan fingerprint density at radius 2 is 1.42 bits per heavy atom. The van der Waals surface area contributed by atoms with Gasteiger partial charge in [0.05, 0.1) is 37.0 Å². The number of fused-ring (bicyclic) bond motifs is 1. The number of benzene rings is 2. The van der Waals surface area contributed by atoms with Gasteiger partial charge in [0.15, 0.2) is 0 Å². The molecule has 0 bridgehead atoms. The van der Waals surface area contributed by atoms with Crippen molar-refractivity contribution in [1.29, 1.82) is 0 Å². The SMILES string of the molecule is C[Si](C)(C)[C@@H]1N=C(c2ccccc2)[C@@H]2C(=O)N(c3ccccc3)C(=O)[C@H]21. The van der Waals surface area contributed by atoms with Gasteiger partial charge in [-0.3, -0.25) is 14.6 Å². The van der Waals surface area contributed by atoms with E-state index >= 15 is 0 Å². The summed E-state index contributed by atoms with van der Waals surface area (Å²) in [4.78, 5) is 32.9. The van der Waals surface area contributed by atoms with Gasteiger partial charge in [-0.25, -0.2) is 4.90 Å². The van der Waals surface area contributed by atoms with Crippen LogP contribution in [0.3, 0.4) is 0 Å². The van der Waals surface area contributed by atoms with Crippen LogP contribution in [-0.4, -0.2) is 31.3 Å². The first-order valence-electron chi connectivity index (χ1n) is 8.95. The van der Waals surface area contributed by atoms with E-state index in [0.717, 1.165) is 11.3 Å². The van der Waals surface area contributed by atoms with E-state index in [4.69, 9.17) is 4.99 Å². The van der Waals surface area contributed by atoms with E-state index in [1.54, 1.807) is 0 Å². The summed E-state index contributed by atoms with van der Waals surface area (Å²) in [6.07, 6.45) is 0. The Kier molecular flexibility index (Phi) is 3.92. The van der Waals surface area contributed by atoms with Gasteiger partial charge in [-0.15, -0.1) is 0 Å². The highest BCUT2D eigenvalue weighted by molar-refractivity contribution is 6.78. The first-order valence-corrected chi connectivity index (χ1v) is 12.5. The van der Waals surface area contributed by atoms with E-state index < -0.39 is 14.0 Å². The molecule has 2 aromatic rings. The van der Waals surface area contributed by atoms with E-state index in [1.807, 2.05) is 60.7 Å². The van der Waals surface area contributed by atoms with Gasteiger partial charge in [-0.2, -0.15) is 0 Å². The lowest BCUT2D eigenvalue weighted by atomic mass is 9.90. The van der Waals surface area contributed by atoms with Crippen LogP contribution in [0.2, 0.25) is 19.6 Å². The molecular formula is C21H22N2O2Si. The molecule has 1 fully saturated rings. The lowest BCUT2D eigenvalue weighted by Crippen LogP contribution is -2.44. The highest BCUT2D eigenvalue weighted by Gasteiger charge is 2.59. The number of anilines is 1. The second-order valence-corrected chi connectivity index (χ2v) is 13.4. The minimum absolute atomic E-state index is 0.0760. The summed E-state index contributed by atoms with van der Waals surface area (Å²) in [7, 11) is -1.77. The van der Waals surface area contributed by atoms with Crippen LogP contribution in [0, 0.1) is 11.8 Å². The third-order valence-corrected chi connectivity index (χ3v) is 7.50. The summed E-state index contributed by atoms with van der Waals surface area (Å²) < 4.78 is 0. The molecule has 2 aromatic carbocycles. The van der Waals surface area contributed by atoms with Crippen molar-refractivity contribution in [2.45, 2.75) is 25.3 Å². The summed E-state index contributed by atoms with van der Waals surface area (Å²) in [5.74, 6) is -1.09. The molecule has 132 valence electrons. The Hall–Kier alpha value is -2.53. The molecule has 5 heteroatoms. The molecule has 26 heavy (non-hydrogen) atoms. The highest BCUT2D eigenvalue weighted by atomic mass is 28.3. The van der Waals surface area contributed by atoms with E-state index in [1.165, 1.54) is 4.90 Å². The highest BCUT2D eigenvalue weighted by Crippen LogP contribution is 2.43. The fourth-order valence-corrected chi connectivity index (χ4v) is 5.97. The molecule has 2 amide bonds. The van der Waals surface area contributed by atoms with Crippen LogP contribution < -0.4 is 4.90 Å². The van der Waals surface area contributed by atoms with Gasteiger partial charge < -0.3 is 0 Å². The lowest BCUT2D eigenvalue weighted by molar-refractivity contribution is -0.122. The normalized spacial score (nSPS) is 25.4. The van der Waals surface area contributed by atoms with Gasteiger partial charge in [-0.1, -0.05) is 68.2 Å². The lowest BCUT2D eigenvalue weighted by Gasteiger charge is -2.27. The van der Waals surface area contributed by atoms with E-state index in [-0.39, 0.29) is 23.4 Å². The molecule has 2 aliphatic rings. The largest absolute Gasteiger partial charge is 0.287 e. The predicted molar refractivity (Wildman–Crippen MR) is 106 cm³/mol. The van der Waals surface area contributed by atoms with Crippen LogP contribution in [0.25, 0.3) is 0 Å². The molecule has 0 radical (unpaired) electrons. The molecule has 0 aliphatic carbocycles. The summed E-state index contributed by atoms with van der Waals surface area (Å²) in [6, 6.07) is 19.0. The first-order chi connectivity index (χ1) is 12.4.